The number of ether oxygens (including phenoxy) is 1. The molecule has 1 amide bonds. The second-order valence-corrected chi connectivity index (χ2v) is 6.49. The van der Waals surface area contributed by atoms with Gasteiger partial charge in [0.15, 0.2) is 5.65 Å². The van der Waals surface area contributed by atoms with Crippen LogP contribution in [0.1, 0.15) is 47.1 Å². The Hall–Kier alpha value is -2.96. The number of rotatable bonds is 3. The topological polar surface area (TPSA) is 72.6 Å². The molecule has 4 heterocycles. The number of hydrogen-bond donors (Lipinski definition) is 0. The van der Waals surface area contributed by atoms with E-state index in [1.54, 1.807) is 24.5 Å². The molecule has 3 aromatic heterocycles. The van der Waals surface area contributed by atoms with Gasteiger partial charge in [-0.05, 0) is 44.4 Å². The molecule has 1 fully saturated rings. The lowest BCUT2D eigenvalue weighted by molar-refractivity contribution is 0.0602. The highest BCUT2D eigenvalue weighted by molar-refractivity contribution is 5.96. The van der Waals surface area contributed by atoms with E-state index >= 15 is 0 Å². The SMILES string of the molecule is COc1ncccc1C(=O)N1CCCC[C@H]1c1cc(C)n2nccc2n1. The number of amides is 1. The highest BCUT2D eigenvalue weighted by Crippen LogP contribution is 2.33. The van der Waals surface area contributed by atoms with E-state index in [0.717, 1.165) is 36.3 Å². The van der Waals surface area contributed by atoms with Gasteiger partial charge in [0, 0.05) is 24.5 Å². The molecule has 1 aliphatic heterocycles. The van der Waals surface area contributed by atoms with E-state index in [0.29, 0.717) is 18.0 Å². The summed E-state index contributed by atoms with van der Waals surface area (Å²) in [6, 6.07) is 7.38. The molecule has 0 saturated carbocycles. The molecule has 0 aliphatic carbocycles. The van der Waals surface area contributed by atoms with Gasteiger partial charge in [-0.3, -0.25) is 4.79 Å². The van der Waals surface area contributed by atoms with Crippen LogP contribution in [-0.4, -0.2) is 44.0 Å². The third kappa shape index (κ3) is 2.79. The largest absolute Gasteiger partial charge is 0.480 e. The van der Waals surface area contributed by atoms with Gasteiger partial charge in [-0.15, -0.1) is 0 Å². The first-order chi connectivity index (χ1) is 12.7. The van der Waals surface area contributed by atoms with E-state index in [-0.39, 0.29) is 11.9 Å². The summed E-state index contributed by atoms with van der Waals surface area (Å²) in [5, 5.41) is 4.28. The molecule has 1 aliphatic rings. The van der Waals surface area contributed by atoms with Crippen molar-refractivity contribution in [2.45, 2.75) is 32.2 Å². The number of aryl methyl sites for hydroxylation is 1. The van der Waals surface area contributed by atoms with Crippen molar-refractivity contribution in [1.29, 1.82) is 0 Å². The van der Waals surface area contributed by atoms with Crippen molar-refractivity contribution in [2.75, 3.05) is 13.7 Å². The van der Waals surface area contributed by atoms with Gasteiger partial charge in [-0.25, -0.2) is 14.5 Å². The van der Waals surface area contributed by atoms with Crippen molar-refractivity contribution in [3.63, 3.8) is 0 Å². The minimum Gasteiger partial charge on any atom is -0.480 e. The van der Waals surface area contributed by atoms with Gasteiger partial charge in [0.1, 0.15) is 5.56 Å². The zero-order valence-electron chi connectivity index (χ0n) is 14.9. The van der Waals surface area contributed by atoms with Gasteiger partial charge in [0.2, 0.25) is 5.88 Å². The molecule has 0 radical (unpaired) electrons. The quantitative estimate of drug-likeness (QED) is 0.725. The summed E-state index contributed by atoms with van der Waals surface area (Å²) in [7, 11) is 1.53. The van der Waals surface area contributed by atoms with Crippen molar-refractivity contribution in [3.8, 4) is 5.88 Å². The average molecular weight is 351 g/mol. The summed E-state index contributed by atoms with van der Waals surface area (Å²) >= 11 is 0. The fourth-order valence-corrected chi connectivity index (χ4v) is 3.62. The minimum absolute atomic E-state index is 0.0558. The van der Waals surface area contributed by atoms with Gasteiger partial charge in [-0.2, -0.15) is 5.10 Å². The molecule has 134 valence electrons. The van der Waals surface area contributed by atoms with Crippen LogP contribution in [0.4, 0.5) is 0 Å². The number of carbonyl (C=O) groups excluding carboxylic acids is 1. The fourth-order valence-electron chi connectivity index (χ4n) is 3.62. The molecule has 3 aromatic rings. The Morgan fingerprint density at radius 1 is 1.27 bits per heavy atom. The Balaban J connectivity index is 1.73. The van der Waals surface area contributed by atoms with Crippen LogP contribution >= 0.6 is 0 Å². The van der Waals surface area contributed by atoms with Gasteiger partial charge in [-0.1, -0.05) is 0 Å². The highest BCUT2D eigenvalue weighted by atomic mass is 16.5. The summed E-state index contributed by atoms with van der Waals surface area (Å²) in [6.07, 6.45) is 6.32. The molecule has 0 N–H and O–H groups in total. The normalized spacial score (nSPS) is 17.5. The Bertz CT molecular complexity index is 952. The van der Waals surface area contributed by atoms with Gasteiger partial charge in [0.25, 0.3) is 5.91 Å². The summed E-state index contributed by atoms with van der Waals surface area (Å²) < 4.78 is 7.09. The predicted molar refractivity (Wildman–Crippen MR) is 96.1 cm³/mol. The first-order valence-electron chi connectivity index (χ1n) is 8.80. The second-order valence-electron chi connectivity index (χ2n) is 6.49. The second kappa shape index (κ2) is 6.74. The lowest BCUT2D eigenvalue weighted by Crippen LogP contribution is -2.39. The van der Waals surface area contributed by atoms with Crippen LogP contribution in [0.15, 0.2) is 36.7 Å². The number of nitrogens with zero attached hydrogens (tertiary/aromatic N) is 5. The Labute approximate surface area is 151 Å². The van der Waals surface area contributed by atoms with E-state index < -0.39 is 0 Å². The molecule has 0 spiro atoms. The summed E-state index contributed by atoms with van der Waals surface area (Å²) in [6.45, 7) is 2.71. The molecular weight excluding hydrogens is 330 g/mol. The molecule has 26 heavy (non-hydrogen) atoms. The van der Waals surface area contributed by atoms with Gasteiger partial charge < -0.3 is 9.64 Å². The number of piperidine rings is 1. The molecular formula is C19H21N5O2. The van der Waals surface area contributed by atoms with Crippen molar-refractivity contribution in [1.82, 2.24) is 24.5 Å². The number of hydrogen-bond acceptors (Lipinski definition) is 5. The number of fused-ring (bicyclic) bond motifs is 1. The number of carbonyl (C=O) groups is 1. The van der Waals surface area contributed by atoms with Crippen LogP contribution in [0.3, 0.4) is 0 Å². The lowest BCUT2D eigenvalue weighted by atomic mass is 9.97. The number of pyridine rings is 1. The van der Waals surface area contributed by atoms with Crippen LogP contribution < -0.4 is 4.74 Å². The molecule has 0 aromatic carbocycles. The maximum atomic E-state index is 13.2. The fraction of sp³-hybridized carbons (Fsp3) is 0.368. The van der Waals surface area contributed by atoms with Crippen molar-refractivity contribution in [2.24, 2.45) is 0 Å². The maximum Gasteiger partial charge on any atom is 0.259 e. The number of likely N-dealkylation sites (tertiary alicyclic amines) is 1. The van der Waals surface area contributed by atoms with E-state index in [2.05, 4.69) is 10.1 Å². The molecule has 0 unspecified atom stereocenters. The van der Waals surface area contributed by atoms with Crippen LogP contribution in [0, 0.1) is 6.92 Å². The highest BCUT2D eigenvalue weighted by Gasteiger charge is 2.31. The Kier molecular flexibility index (Phi) is 4.28. The Morgan fingerprint density at radius 3 is 3.00 bits per heavy atom. The first kappa shape index (κ1) is 16.5. The standard InChI is InChI=1S/C19H21N5O2/c1-13-12-15(22-17-8-10-21-24(13)17)16-7-3-4-11-23(16)19(25)14-6-5-9-20-18(14)26-2/h5-6,8-10,12,16H,3-4,7,11H2,1-2H3/t16-/m0/s1. The summed E-state index contributed by atoms with van der Waals surface area (Å²) in [4.78, 5) is 24.0. The molecule has 4 rings (SSSR count). The third-order valence-corrected chi connectivity index (χ3v) is 4.86. The molecule has 0 bridgehead atoms. The summed E-state index contributed by atoms with van der Waals surface area (Å²) in [5.74, 6) is 0.296. The Morgan fingerprint density at radius 2 is 2.15 bits per heavy atom. The van der Waals surface area contributed by atoms with Crippen molar-refractivity contribution in [3.05, 3.63) is 53.6 Å². The van der Waals surface area contributed by atoms with Crippen LogP contribution in [-0.2, 0) is 0 Å². The number of aromatic nitrogens is 4. The monoisotopic (exact) mass is 351 g/mol. The predicted octanol–water partition coefficient (Wildman–Crippen LogP) is 2.81. The maximum absolute atomic E-state index is 13.2. The van der Waals surface area contributed by atoms with E-state index in [4.69, 9.17) is 9.72 Å². The van der Waals surface area contributed by atoms with Gasteiger partial charge >= 0.3 is 0 Å². The minimum atomic E-state index is -0.0625. The summed E-state index contributed by atoms with van der Waals surface area (Å²) in [5.41, 5.74) is 3.21. The van der Waals surface area contributed by atoms with Crippen LogP contribution in [0.5, 0.6) is 5.88 Å². The molecule has 7 nitrogen and oxygen atoms in total. The first-order valence-corrected chi connectivity index (χ1v) is 8.80. The zero-order chi connectivity index (χ0) is 18.1. The van der Waals surface area contributed by atoms with Gasteiger partial charge in [0.05, 0.1) is 25.0 Å². The van der Waals surface area contributed by atoms with Crippen LogP contribution in [0.2, 0.25) is 0 Å². The smallest absolute Gasteiger partial charge is 0.259 e. The molecule has 1 atom stereocenters. The third-order valence-electron chi connectivity index (χ3n) is 4.86. The molecule has 7 heteroatoms. The van der Waals surface area contributed by atoms with Crippen molar-refractivity contribution >= 4 is 11.6 Å². The van der Waals surface area contributed by atoms with E-state index in [1.165, 1.54) is 7.11 Å². The number of methoxy groups -OCH3 is 1. The zero-order valence-corrected chi connectivity index (χ0v) is 14.9. The lowest BCUT2D eigenvalue weighted by Gasteiger charge is -2.35. The van der Waals surface area contributed by atoms with Crippen molar-refractivity contribution < 1.29 is 9.53 Å². The van der Waals surface area contributed by atoms with Crippen LogP contribution in [0.25, 0.3) is 5.65 Å². The van der Waals surface area contributed by atoms with E-state index in [1.807, 2.05) is 28.5 Å². The average Bonchev–Trinajstić information content (AvgIpc) is 3.16. The molecule has 1 saturated heterocycles. The van der Waals surface area contributed by atoms with E-state index in [9.17, 15) is 4.79 Å².